The molecule has 2 N–H and O–H groups in total. The highest BCUT2D eigenvalue weighted by Crippen LogP contribution is 2.25. The first kappa shape index (κ1) is 13.7. The molecule has 0 saturated heterocycles. The SMILES string of the molecule is NC(=O)c1cnc2c(OC(=O)C(F)(F)F)ccnc2c1. The highest BCUT2D eigenvalue weighted by Gasteiger charge is 2.41. The lowest BCUT2D eigenvalue weighted by molar-refractivity contribution is -0.189. The fourth-order valence-corrected chi connectivity index (χ4v) is 1.38. The zero-order valence-corrected chi connectivity index (χ0v) is 9.64. The minimum absolute atomic E-state index is 0.0318. The van der Waals surface area contributed by atoms with Crippen molar-refractivity contribution in [2.24, 2.45) is 5.73 Å². The van der Waals surface area contributed by atoms with Gasteiger partial charge in [0.1, 0.15) is 5.52 Å². The molecule has 20 heavy (non-hydrogen) atoms. The number of ether oxygens (including phenoxy) is 1. The topological polar surface area (TPSA) is 95.2 Å². The van der Waals surface area contributed by atoms with E-state index in [1.165, 1.54) is 6.07 Å². The minimum atomic E-state index is -5.12. The summed E-state index contributed by atoms with van der Waals surface area (Å²) in [7, 11) is 0. The van der Waals surface area contributed by atoms with E-state index in [0.29, 0.717) is 0 Å². The predicted molar refractivity (Wildman–Crippen MR) is 59.7 cm³/mol. The third-order valence-electron chi connectivity index (χ3n) is 2.26. The lowest BCUT2D eigenvalue weighted by atomic mass is 10.2. The molecule has 2 rings (SSSR count). The maximum Gasteiger partial charge on any atom is 0.491 e. The number of carbonyl (C=O) groups is 2. The molecule has 0 fully saturated rings. The number of nitrogens with zero attached hydrogens (tertiary/aromatic N) is 2. The molecule has 2 aromatic heterocycles. The number of esters is 1. The number of aromatic nitrogens is 2. The van der Waals surface area contributed by atoms with Crippen molar-refractivity contribution >= 4 is 22.9 Å². The van der Waals surface area contributed by atoms with Gasteiger partial charge in [0.25, 0.3) is 0 Å². The van der Waals surface area contributed by atoms with Crippen molar-refractivity contribution in [2.45, 2.75) is 6.18 Å². The molecule has 0 aliphatic rings. The Kier molecular flexibility index (Phi) is 3.26. The molecular formula is C11H6F3N3O3. The monoisotopic (exact) mass is 285 g/mol. The second-order valence-electron chi connectivity index (χ2n) is 3.65. The molecule has 0 aliphatic carbocycles. The van der Waals surface area contributed by atoms with Gasteiger partial charge in [-0.05, 0) is 6.07 Å². The van der Waals surface area contributed by atoms with Crippen LogP contribution in [0.5, 0.6) is 5.75 Å². The van der Waals surface area contributed by atoms with Gasteiger partial charge in [-0.3, -0.25) is 9.78 Å². The summed E-state index contributed by atoms with van der Waals surface area (Å²) in [6, 6.07) is 2.29. The first-order chi connectivity index (χ1) is 9.29. The van der Waals surface area contributed by atoms with Crippen LogP contribution in [0.15, 0.2) is 24.5 Å². The van der Waals surface area contributed by atoms with Crippen molar-refractivity contribution in [3.63, 3.8) is 0 Å². The fraction of sp³-hybridized carbons (Fsp3) is 0.0909. The van der Waals surface area contributed by atoms with Gasteiger partial charge in [-0.15, -0.1) is 0 Å². The second-order valence-corrected chi connectivity index (χ2v) is 3.65. The van der Waals surface area contributed by atoms with Crippen molar-refractivity contribution in [3.8, 4) is 5.75 Å². The molecule has 9 heteroatoms. The normalized spacial score (nSPS) is 11.3. The lowest BCUT2D eigenvalue weighted by Crippen LogP contribution is -2.28. The van der Waals surface area contributed by atoms with Crippen LogP contribution in [0.4, 0.5) is 13.2 Å². The standard InChI is InChI=1S/C11H6F3N3O3/c12-11(13,14)10(19)20-7-1-2-16-6-3-5(9(15)18)4-17-8(6)7/h1-4H,(H2,15,18). The number of amides is 1. The van der Waals surface area contributed by atoms with Crippen LogP contribution in [-0.4, -0.2) is 28.0 Å². The van der Waals surface area contributed by atoms with E-state index in [9.17, 15) is 22.8 Å². The number of primary amides is 1. The van der Waals surface area contributed by atoms with E-state index in [1.807, 2.05) is 0 Å². The molecule has 0 aliphatic heterocycles. The lowest BCUT2D eigenvalue weighted by Gasteiger charge is -2.08. The fourth-order valence-electron chi connectivity index (χ4n) is 1.38. The Bertz CT molecular complexity index is 700. The first-order valence-corrected chi connectivity index (χ1v) is 5.12. The summed E-state index contributed by atoms with van der Waals surface area (Å²) >= 11 is 0. The molecule has 104 valence electrons. The second kappa shape index (κ2) is 4.76. The number of carbonyl (C=O) groups excluding carboxylic acids is 2. The van der Waals surface area contributed by atoms with Crippen LogP contribution in [-0.2, 0) is 4.79 Å². The van der Waals surface area contributed by atoms with Gasteiger partial charge in [-0.25, -0.2) is 9.78 Å². The number of nitrogens with two attached hydrogens (primary N) is 1. The Labute approximate surface area is 109 Å². The maximum absolute atomic E-state index is 12.1. The third-order valence-corrected chi connectivity index (χ3v) is 2.26. The molecule has 2 heterocycles. The summed E-state index contributed by atoms with van der Waals surface area (Å²) in [4.78, 5) is 29.3. The molecular weight excluding hydrogens is 279 g/mol. The summed E-state index contributed by atoms with van der Waals surface area (Å²) in [6.45, 7) is 0. The van der Waals surface area contributed by atoms with Gasteiger partial charge in [0, 0.05) is 18.5 Å². The molecule has 0 unspecified atom stereocenters. The van der Waals surface area contributed by atoms with E-state index in [2.05, 4.69) is 14.7 Å². The number of halogens is 3. The van der Waals surface area contributed by atoms with Crippen molar-refractivity contribution < 1.29 is 27.5 Å². The summed E-state index contributed by atoms with van der Waals surface area (Å²) in [5, 5.41) is 0. The highest BCUT2D eigenvalue weighted by molar-refractivity contribution is 5.96. The van der Waals surface area contributed by atoms with E-state index in [-0.39, 0.29) is 16.6 Å². The number of rotatable bonds is 2. The number of hydrogen-bond acceptors (Lipinski definition) is 5. The van der Waals surface area contributed by atoms with Gasteiger partial charge in [-0.1, -0.05) is 0 Å². The van der Waals surface area contributed by atoms with Crippen LogP contribution < -0.4 is 10.5 Å². The van der Waals surface area contributed by atoms with Crippen LogP contribution in [0.25, 0.3) is 11.0 Å². The van der Waals surface area contributed by atoms with E-state index in [4.69, 9.17) is 5.73 Å². The van der Waals surface area contributed by atoms with Gasteiger partial charge >= 0.3 is 12.1 Å². The van der Waals surface area contributed by atoms with E-state index in [1.54, 1.807) is 0 Å². The molecule has 0 spiro atoms. The average Bonchev–Trinajstić information content (AvgIpc) is 2.37. The smallest absolute Gasteiger partial charge is 0.417 e. The summed E-state index contributed by atoms with van der Waals surface area (Å²) in [5.74, 6) is -3.54. The minimum Gasteiger partial charge on any atom is -0.417 e. The van der Waals surface area contributed by atoms with Gasteiger partial charge in [0.05, 0.1) is 11.1 Å². The number of hydrogen-bond donors (Lipinski definition) is 1. The quantitative estimate of drug-likeness (QED) is 0.836. The Morgan fingerprint density at radius 3 is 2.55 bits per heavy atom. The molecule has 2 aromatic rings. The van der Waals surface area contributed by atoms with Gasteiger partial charge in [0.2, 0.25) is 5.91 Å². The van der Waals surface area contributed by atoms with Crippen LogP contribution in [0.2, 0.25) is 0 Å². The Balaban J connectivity index is 2.45. The third kappa shape index (κ3) is 2.66. The van der Waals surface area contributed by atoms with Crippen molar-refractivity contribution in [2.75, 3.05) is 0 Å². The average molecular weight is 285 g/mol. The van der Waals surface area contributed by atoms with Gasteiger partial charge in [0.15, 0.2) is 5.75 Å². The van der Waals surface area contributed by atoms with Gasteiger partial charge < -0.3 is 10.5 Å². The van der Waals surface area contributed by atoms with Crippen molar-refractivity contribution in [3.05, 3.63) is 30.1 Å². The Morgan fingerprint density at radius 1 is 1.25 bits per heavy atom. The molecule has 6 nitrogen and oxygen atoms in total. The Morgan fingerprint density at radius 2 is 1.95 bits per heavy atom. The number of fused-ring (bicyclic) bond motifs is 1. The predicted octanol–water partition coefficient (Wildman–Crippen LogP) is 1.20. The molecule has 1 amide bonds. The molecule has 0 atom stereocenters. The molecule has 0 radical (unpaired) electrons. The number of pyridine rings is 2. The van der Waals surface area contributed by atoms with Crippen LogP contribution >= 0.6 is 0 Å². The molecule has 0 bridgehead atoms. The van der Waals surface area contributed by atoms with E-state index >= 15 is 0 Å². The summed E-state index contributed by atoms with van der Waals surface area (Å²) in [6.07, 6.45) is -2.95. The zero-order chi connectivity index (χ0) is 14.9. The van der Waals surface area contributed by atoms with Crippen molar-refractivity contribution in [1.82, 2.24) is 9.97 Å². The maximum atomic E-state index is 12.1. The zero-order valence-electron chi connectivity index (χ0n) is 9.64. The summed E-state index contributed by atoms with van der Waals surface area (Å²) in [5.41, 5.74) is 5.06. The Hall–Kier alpha value is -2.71. The van der Waals surface area contributed by atoms with Crippen LogP contribution in [0.3, 0.4) is 0 Å². The van der Waals surface area contributed by atoms with E-state index < -0.39 is 23.8 Å². The number of alkyl halides is 3. The summed E-state index contributed by atoms with van der Waals surface area (Å²) < 4.78 is 40.6. The first-order valence-electron chi connectivity index (χ1n) is 5.12. The van der Waals surface area contributed by atoms with Crippen LogP contribution in [0, 0.1) is 0 Å². The highest BCUT2D eigenvalue weighted by atomic mass is 19.4. The van der Waals surface area contributed by atoms with Crippen molar-refractivity contribution in [1.29, 1.82) is 0 Å². The van der Waals surface area contributed by atoms with Gasteiger partial charge in [-0.2, -0.15) is 13.2 Å². The largest absolute Gasteiger partial charge is 0.491 e. The molecule has 0 aromatic carbocycles. The van der Waals surface area contributed by atoms with Crippen LogP contribution in [0.1, 0.15) is 10.4 Å². The molecule has 0 saturated carbocycles. The van der Waals surface area contributed by atoms with E-state index in [0.717, 1.165) is 18.5 Å².